The molecule has 154 valence electrons. The number of hydrogen-bond acceptors (Lipinski definition) is 2. The molecule has 30 heavy (non-hydrogen) atoms. The summed E-state index contributed by atoms with van der Waals surface area (Å²) in [4.78, 5) is 0. The van der Waals surface area contributed by atoms with Gasteiger partial charge in [-0.25, -0.2) is 0 Å². The molecule has 0 spiro atoms. The van der Waals surface area contributed by atoms with Gasteiger partial charge in [0, 0.05) is 15.5 Å². The molecule has 1 saturated carbocycles. The molecule has 1 aliphatic rings. The van der Waals surface area contributed by atoms with E-state index >= 15 is 0 Å². The third kappa shape index (κ3) is 3.64. The second kappa shape index (κ2) is 8.51. The summed E-state index contributed by atoms with van der Waals surface area (Å²) in [6, 6.07) is 22.8. The summed E-state index contributed by atoms with van der Waals surface area (Å²) < 4.78 is 5.15. The van der Waals surface area contributed by atoms with E-state index in [-0.39, 0.29) is 0 Å². The number of anilines is 2. The Morgan fingerprint density at radius 3 is 2.20 bits per heavy atom. The molecule has 0 aliphatic heterocycles. The summed E-state index contributed by atoms with van der Waals surface area (Å²) in [7, 11) is 0. The Kier molecular flexibility index (Phi) is 5.76. The molecule has 0 bridgehead atoms. The first-order valence-corrected chi connectivity index (χ1v) is 12.9. The monoisotopic (exact) mass is 525 g/mol. The fraction of sp³-hybridized carbons (Fsp3) is 0.333. The van der Waals surface area contributed by atoms with Crippen LogP contribution in [0.1, 0.15) is 68.9 Å². The quantitative estimate of drug-likeness (QED) is 0.189. The molecule has 1 fully saturated rings. The molecular formula is C27H28INS. The van der Waals surface area contributed by atoms with Crippen LogP contribution in [0.15, 0.2) is 60.7 Å². The minimum Gasteiger partial charge on any atom is -0.282 e. The van der Waals surface area contributed by atoms with Crippen LogP contribution in [0.4, 0.5) is 11.4 Å². The maximum absolute atomic E-state index is 2.47. The maximum atomic E-state index is 2.47. The van der Waals surface area contributed by atoms with E-state index in [9.17, 15) is 0 Å². The Hall–Kier alpha value is -1.59. The summed E-state index contributed by atoms with van der Waals surface area (Å²) in [5, 5.41) is 2.76. The molecule has 1 aliphatic carbocycles. The number of fused-ring (bicyclic) bond motifs is 3. The van der Waals surface area contributed by atoms with Crippen molar-refractivity contribution in [1.29, 1.82) is 0 Å². The van der Waals surface area contributed by atoms with E-state index in [4.69, 9.17) is 0 Å². The fourth-order valence-electron chi connectivity index (χ4n) is 4.89. The molecule has 5 rings (SSSR count). The van der Waals surface area contributed by atoms with Gasteiger partial charge in [0.2, 0.25) is 0 Å². The molecule has 0 saturated heterocycles. The van der Waals surface area contributed by atoms with Crippen LogP contribution in [0.5, 0.6) is 0 Å². The number of rotatable bonds is 4. The largest absolute Gasteiger partial charge is 0.282 e. The van der Waals surface area contributed by atoms with E-state index < -0.39 is 0 Å². The van der Waals surface area contributed by atoms with Crippen LogP contribution in [0.25, 0.3) is 20.2 Å². The number of thiophene rings is 1. The minimum absolute atomic E-state index is 0.535. The zero-order valence-electron chi connectivity index (χ0n) is 17.7. The topological polar surface area (TPSA) is 3.24 Å². The lowest BCUT2D eigenvalue weighted by molar-refractivity contribution is 0.443. The fourth-order valence-corrected chi connectivity index (χ4v) is 7.24. The average molecular weight is 525 g/mol. The van der Waals surface area contributed by atoms with Crippen molar-refractivity contribution >= 4 is 65.7 Å². The Labute approximate surface area is 197 Å². The van der Waals surface area contributed by atoms with Gasteiger partial charge in [0.15, 0.2) is 0 Å². The van der Waals surface area contributed by atoms with Crippen molar-refractivity contribution in [3.63, 3.8) is 0 Å². The molecule has 0 radical (unpaired) electrons. The second-order valence-corrected chi connectivity index (χ2v) is 10.8. The smallest absolute Gasteiger partial charge is 0.0689 e. The number of hydrogen-bond donors (Lipinski definition) is 0. The van der Waals surface area contributed by atoms with Crippen LogP contribution >= 0.6 is 34.2 Å². The molecule has 1 nitrogen and oxygen atoms in total. The van der Waals surface area contributed by atoms with Gasteiger partial charge in [0.1, 0.15) is 0 Å². The molecular weight excluding hydrogens is 497 g/mol. The van der Waals surface area contributed by atoms with E-state index in [0.29, 0.717) is 5.92 Å². The van der Waals surface area contributed by atoms with E-state index in [2.05, 4.69) is 100 Å². The number of halogens is 1. The van der Waals surface area contributed by atoms with Gasteiger partial charge in [-0.05, 0) is 54.0 Å². The lowest BCUT2D eigenvalue weighted by atomic mass is 9.84. The van der Waals surface area contributed by atoms with Gasteiger partial charge >= 0.3 is 0 Å². The van der Waals surface area contributed by atoms with Gasteiger partial charge in [-0.2, -0.15) is 0 Å². The van der Waals surface area contributed by atoms with Crippen LogP contribution in [0.2, 0.25) is 0 Å². The molecule has 0 unspecified atom stereocenters. The molecule has 1 heterocycles. The van der Waals surface area contributed by atoms with Gasteiger partial charge in [0.25, 0.3) is 0 Å². The molecule has 0 amide bonds. The first-order valence-electron chi connectivity index (χ1n) is 11.1. The predicted molar refractivity (Wildman–Crippen MR) is 142 cm³/mol. The van der Waals surface area contributed by atoms with Crippen molar-refractivity contribution in [3.05, 3.63) is 71.8 Å². The van der Waals surface area contributed by atoms with E-state index in [1.807, 2.05) is 11.3 Å². The highest BCUT2D eigenvalue weighted by Gasteiger charge is 2.18. The van der Waals surface area contributed by atoms with Crippen molar-refractivity contribution < 1.29 is 0 Å². The summed E-state index contributed by atoms with van der Waals surface area (Å²) >= 11 is 4.42. The zero-order valence-corrected chi connectivity index (χ0v) is 20.7. The summed E-state index contributed by atoms with van der Waals surface area (Å²) in [5.74, 6) is 1.30. The lowest BCUT2D eigenvalue weighted by Crippen LogP contribution is -2.05. The standard InChI is InChI=1S/C27H28INS/c1-18(2)22-10-6-11-23-24-12-7-13-25(27(24)30-26(22)23)29(28)21-16-14-20(15-17-21)19-8-4-3-5-9-19/h6-7,10-19H,3-5,8-9H2,1-2H3. The van der Waals surface area contributed by atoms with Crippen LogP contribution in [0.3, 0.4) is 0 Å². The Balaban J connectivity index is 1.54. The first kappa shape index (κ1) is 20.3. The van der Waals surface area contributed by atoms with Gasteiger partial charge in [-0.3, -0.25) is 3.11 Å². The van der Waals surface area contributed by atoms with Gasteiger partial charge < -0.3 is 0 Å². The van der Waals surface area contributed by atoms with Crippen LogP contribution in [-0.4, -0.2) is 0 Å². The van der Waals surface area contributed by atoms with Crippen molar-refractivity contribution in [2.24, 2.45) is 0 Å². The molecule has 3 aromatic carbocycles. The summed E-state index contributed by atoms with van der Waals surface area (Å²) in [5.41, 5.74) is 5.51. The molecule has 0 atom stereocenters. The Morgan fingerprint density at radius 2 is 1.50 bits per heavy atom. The SMILES string of the molecule is CC(C)c1cccc2c1sc1c(N(I)c3ccc(C4CCCCC4)cc3)cccc12. The van der Waals surface area contributed by atoms with Crippen molar-refractivity contribution in [1.82, 2.24) is 0 Å². The predicted octanol–water partition coefficient (Wildman–Crippen LogP) is 9.71. The minimum atomic E-state index is 0.535. The second-order valence-electron chi connectivity index (χ2n) is 8.84. The van der Waals surface area contributed by atoms with Gasteiger partial charge in [-0.1, -0.05) is 75.6 Å². The Bertz CT molecular complexity index is 1170. The lowest BCUT2D eigenvalue weighted by Gasteiger charge is -2.23. The molecule has 4 aromatic rings. The van der Waals surface area contributed by atoms with Gasteiger partial charge in [-0.15, -0.1) is 11.3 Å². The third-order valence-electron chi connectivity index (χ3n) is 6.56. The molecule has 0 N–H and O–H groups in total. The van der Waals surface area contributed by atoms with Gasteiger partial charge in [0.05, 0.1) is 38.9 Å². The van der Waals surface area contributed by atoms with Crippen molar-refractivity contribution in [3.8, 4) is 0 Å². The Morgan fingerprint density at radius 1 is 0.833 bits per heavy atom. The van der Waals surface area contributed by atoms with Crippen molar-refractivity contribution in [2.45, 2.75) is 57.8 Å². The van der Waals surface area contributed by atoms with E-state index in [0.717, 1.165) is 5.92 Å². The highest BCUT2D eigenvalue weighted by Crippen LogP contribution is 2.45. The van der Waals surface area contributed by atoms with Crippen LogP contribution in [0, 0.1) is 0 Å². The van der Waals surface area contributed by atoms with Crippen molar-refractivity contribution in [2.75, 3.05) is 3.11 Å². The summed E-state index contributed by atoms with van der Waals surface area (Å²) in [6.45, 7) is 4.58. The average Bonchev–Trinajstić information content (AvgIpc) is 3.18. The maximum Gasteiger partial charge on any atom is 0.0689 e. The van der Waals surface area contributed by atoms with E-state index in [1.54, 1.807) is 0 Å². The van der Waals surface area contributed by atoms with E-state index in [1.165, 1.54) is 74.8 Å². The molecule has 1 aromatic heterocycles. The zero-order chi connectivity index (χ0) is 20.7. The normalized spacial score (nSPS) is 15.3. The number of benzene rings is 3. The number of nitrogens with zero attached hydrogens (tertiary/aromatic N) is 1. The third-order valence-corrected chi connectivity index (χ3v) is 8.93. The first-order chi connectivity index (χ1) is 14.6. The highest BCUT2D eigenvalue weighted by atomic mass is 127. The summed E-state index contributed by atoms with van der Waals surface area (Å²) in [6.07, 6.45) is 6.89. The van der Waals surface area contributed by atoms with Crippen LogP contribution < -0.4 is 3.11 Å². The van der Waals surface area contributed by atoms with Crippen LogP contribution in [-0.2, 0) is 0 Å². The molecule has 3 heteroatoms. The highest BCUT2D eigenvalue weighted by molar-refractivity contribution is 14.1.